The van der Waals surface area contributed by atoms with E-state index in [1.807, 2.05) is 37.3 Å². The third-order valence-electron chi connectivity index (χ3n) is 2.84. The number of ether oxygens (including phenoxy) is 2. The highest BCUT2D eigenvalue weighted by Gasteiger charge is 2.07. The molecule has 1 amide bonds. The minimum atomic E-state index is -0.229. The average molecular weight is 443 g/mol. The molecule has 2 aromatic rings. The Morgan fingerprint density at radius 2 is 1.96 bits per heavy atom. The van der Waals surface area contributed by atoms with Crippen LogP contribution in [0.5, 0.6) is 11.5 Å². The van der Waals surface area contributed by atoms with Gasteiger partial charge < -0.3 is 14.8 Å². The van der Waals surface area contributed by atoms with E-state index in [2.05, 4.69) is 37.2 Å². The zero-order valence-corrected chi connectivity index (χ0v) is 15.8. The van der Waals surface area contributed by atoms with Crippen LogP contribution in [0.1, 0.15) is 13.3 Å². The van der Waals surface area contributed by atoms with Crippen LogP contribution in [0.15, 0.2) is 51.4 Å². The predicted molar refractivity (Wildman–Crippen MR) is 98.2 cm³/mol. The van der Waals surface area contributed by atoms with Crippen molar-refractivity contribution in [3.05, 3.63) is 51.4 Å². The maximum Gasteiger partial charge on any atom is 0.262 e. The molecule has 122 valence electrons. The van der Waals surface area contributed by atoms with Gasteiger partial charge in [0.25, 0.3) is 5.91 Å². The zero-order chi connectivity index (χ0) is 16.7. The Hall–Kier alpha value is -1.53. The second-order valence-electron chi connectivity index (χ2n) is 4.79. The molecule has 6 heteroatoms. The molecule has 2 rings (SSSR count). The molecule has 0 aliphatic carbocycles. The van der Waals surface area contributed by atoms with Crippen molar-refractivity contribution >= 4 is 43.5 Å². The first-order valence-electron chi connectivity index (χ1n) is 7.19. The molecule has 0 saturated heterocycles. The predicted octanol–water partition coefficient (Wildman–Crippen LogP) is 5.02. The van der Waals surface area contributed by atoms with E-state index in [0.29, 0.717) is 18.0 Å². The highest BCUT2D eigenvalue weighted by Crippen LogP contribution is 2.28. The molecular formula is C17H17Br2NO3. The van der Waals surface area contributed by atoms with Gasteiger partial charge in [-0.3, -0.25) is 4.79 Å². The molecule has 0 aliphatic rings. The van der Waals surface area contributed by atoms with Gasteiger partial charge in [-0.2, -0.15) is 0 Å². The summed E-state index contributed by atoms with van der Waals surface area (Å²) in [4.78, 5) is 12.0. The van der Waals surface area contributed by atoms with Gasteiger partial charge in [0.2, 0.25) is 0 Å². The number of hydrogen-bond acceptors (Lipinski definition) is 3. The van der Waals surface area contributed by atoms with Gasteiger partial charge in [-0.05, 0) is 52.7 Å². The standard InChI is InChI=1S/C17H17Br2NO3/c1-2-8-22-14-5-3-4-13(10-14)20-17(21)11-23-16-7-6-12(18)9-15(16)19/h3-7,9-10H,2,8,11H2,1H3,(H,20,21). The van der Waals surface area contributed by atoms with Crippen LogP contribution in [0.25, 0.3) is 0 Å². The fourth-order valence-corrected chi connectivity index (χ4v) is 2.98. The number of anilines is 1. The first-order valence-corrected chi connectivity index (χ1v) is 8.77. The molecule has 0 radical (unpaired) electrons. The Morgan fingerprint density at radius 1 is 1.13 bits per heavy atom. The van der Waals surface area contributed by atoms with E-state index in [1.165, 1.54) is 0 Å². The van der Waals surface area contributed by atoms with E-state index in [1.54, 1.807) is 12.1 Å². The Bertz CT molecular complexity index is 677. The number of halogens is 2. The van der Waals surface area contributed by atoms with Crippen molar-refractivity contribution in [3.8, 4) is 11.5 Å². The van der Waals surface area contributed by atoms with Crippen molar-refractivity contribution < 1.29 is 14.3 Å². The van der Waals surface area contributed by atoms with E-state index >= 15 is 0 Å². The minimum absolute atomic E-state index is 0.0692. The minimum Gasteiger partial charge on any atom is -0.494 e. The lowest BCUT2D eigenvalue weighted by Crippen LogP contribution is -2.20. The Balaban J connectivity index is 1.89. The SMILES string of the molecule is CCCOc1cccc(NC(=O)COc2ccc(Br)cc2Br)c1. The van der Waals surface area contributed by atoms with Crippen molar-refractivity contribution in [1.29, 1.82) is 0 Å². The molecule has 0 atom stereocenters. The topological polar surface area (TPSA) is 47.6 Å². The summed E-state index contributed by atoms with van der Waals surface area (Å²) in [5.41, 5.74) is 0.682. The first kappa shape index (κ1) is 17.8. The number of nitrogens with one attached hydrogen (secondary N) is 1. The van der Waals surface area contributed by atoms with Crippen molar-refractivity contribution in [3.63, 3.8) is 0 Å². The smallest absolute Gasteiger partial charge is 0.262 e. The molecule has 0 aromatic heterocycles. The number of rotatable bonds is 7. The average Bonchev–Trinajstić information content (AvgIpc) is 2.52. The molecule has 0 saturated carbocycles. The Morgan fingerprint density at radius 3 is 2.70 bits per heavy atom. The third kappa shape index (κ3) is 5.88. The molecule has 1 N–H and O–H groups in total. The van der Waals surface area contributed by atoms with Crippen LogP contribution < -0.4 is 14.8 Å². The summed E-state index contributed by atoms with van der Waals surface area (Å²) in [7, 11) is 0. The molecule has 0 unspecified atom stereocenters. The number of benzene rings is 2. The van der Waals surface area contributed by atoms with Crippen LogP contribution in [-0.4, -0.2) is 19.1 Å². The van der Waals surface area contributed by atoms with Gasteiger partial charge in [0, 0.05) is 16.2 Å². The summed E-state index contributed by atoms with van der Waals surface area (Å²) in [5, 5.41) is 2.79. The fourth-order valence-electron chi connectivity index (χ4n) is 1.82. The van der Waals surface area contributed by atoms with Crippen molar-refractivity contribution in [2.45, 2.75) is 13.3 Å². The molecule has 0 bridgehead atoms. The monoisotopic (exact) mass is 441 g/mol. The largest absolute Gasteiger partial charge is 0.494 e. The Kier molecular flexibility index (Phi) is 6.92. The van der Waals surface area contributed by atoms with Gasteiger partial charge in [-0.25, -0.2) is 0 Å². The lowest BCUT2D eigenvalue weighted by atomic mass is 10.3. The third-order valence-corrected chi connectivity index (χ3v) is 3.96. The van der Waals surface area contributed by atoms with Gasteiger partial charge in [0.05, 0.1) is 11.1 Å². The van der Waals surface area contributed by atoms with E-state index in [0.717, 1.165) is 21.1 Å². The van der Waals surface area contributed by atoms with Gasteiger partial charge in [0.1, 0.15) is 11.5 Å². The second kappa shape index (κ2) is 8.93. The molecule has 4 nitrogen and oxygen atoms in total. The summed E-state index contributed by atoms with van der Waals surface area (Å²) < 4.78 is 12.8. The maximum atomic E-state index is 12.0. The van der Waals surface area contributed by atoms with Gasteiger partial charge in [0.15, 0.2) is 6.61 Å². The van der Waals surface area contributed by atoms with Crippen LogP contribution in [0.4, 0.5) is 5.69 Å². The van der Waals surface area contributed by atoms with Crippen LogP contribution in [0.3, 0.4) is 0 Å². The van der Waals surface area contributed by atoms with Gasteiger partial charge >= 0.3 is 0 Å². The van der Waals surface area contributed by atoms with Gasteiger partial charge in [-0.15, -0.1) is 0 Å². The molecular weight excluding hydrogens is 426 g/mol. The van der Waals surface area contributed by atoms with E-state index in [9.17, 15) is 4.79 Å². The quantitative estimate of drug-likeness (QED) is 0.654. The summed E-state index contributed by atoms with van der Waals surface area (Å²) in [6, 6.07) is 12.8. The lowest BCUT2D eigenvalue weighted by molar-refractivity contribution is -0.118. The second-order valence-corrected chi connectivity index (χ2v) is 6.56. The molecule has 0 heterocycles. The lowest BCUT2D eigenvalue weighted by Gasteiger charge is -2.10. The number of hydrogen-bond donors (Lipinski definition) is 1. The van der Waals surface area contributed by atoms with E-state index < -0.39 is 0 Å². The highest BCUT2D eigenvalue weighted by molar-refractivity contribution is 9.11. The van der Waals surface area contributed by atoms with Crippen molar-refractivity contribution in [2.75, 3.05) is 18.5 Å². The summed E-state index contributed by atoms with van der Waals surface area (Å²) in [6.07, 6.45) is 0.937. The van der Waals surface area contributed by atoms with Crippen molar-refractivity contribution in [2.24, 2.45) is 0 Å². The molecule has 0 spiro atoms. The van der Waals surface area contributed by atoms with Crippen LogP contribution in [0, 0.1) is 0 Å². The van der Waals surface area contributed by atoms with Crippen molar-refractivity contribution in [1.82, 2.24) is 0 Å². The van der Waals surface area contributed by atoms with E-state index in [4.69, 9.17) is 9.47 Å². The number of carbonyl (C=O) groups excluding carboxylic acids is 1. The first-order chi connectivity index (χ1) is 11.1. The summed E-state index contributed by atoms with van der Waals surface area (Å²) >= 11 is 6.76. The molecule has 0 fully saturated rings. The highest BCUT2D eigenvalue weighted by atomic mass is 79.9. The van der Waals surface area contributed by atoms with Crippen LogP contribution in [-0.2, 0) is 4.79 Å². The molecule has 2 aromatic carbocycles. The summed E-state index contributed by atoms with van der Waals surface area (Å²) in [5.74, 6) is 1.12. The van der Waals surface area contributed by atoms with E-state index in [-0.39, 0.29) is 12.5 Å². The van der Waals surface area contributed by atoms with Crippen LogP contribution in [0.2, 0.25) is 0 Å². The normalized spacial score (nSPS) is 10.2. The molecule has 0 aliphatic heterocycles. The molecule has 23 heavy (non-hydrogen) atoms. The maximum absolute atomic E-state index is 12.0. The van der Waals surface area contributed by atoms with Gasteiger partial charge in [-0.1, -0.05) is 28.9 Å². The number of amides is 1. The Labute approximate surface area is 152 Å². The zero-order valence-electron chi connectivity index (χ0n) is 12.6. The fraction of sp³-hybridized carbons (Fsp3) is 0.235. The van der Waals surface area contributed by atoms with Crippen LogP contribution >= 0.6 is 31.9 Å². The number of carbonyl (C=O) groups is 1. The summed E-state index contributed by atoms with van der Waals surface area (Å²) in [6.45, 7) is 2.63.